The summed E-state index contributed by atoms with van der Waals surface area (Å²) >= 11 is 0. The molecule has 1 fully saturated rings. The molecule has 6 nitrogen and oxygen atoms in total. The molecule has 1 aliphatic heterocycles. The van der Waals surface area contributed by atoms with Crippen LogP contribution in [-0.4, -0.2) is 65.3 Å². The number of rotatable bonds is 6. The summed E-state index contributed by atoms with van der Waals surface area (Å²) in [5.41, 5.74) is 2.68. The fourth-order valence-electron chi connectivity index (χ4n) is 3.39. The number of aliphatic imine (C=N–C) groups is 1. The number of benzene rings is 1. The van der Waals surface area contributed by atoms with Crippen molar-refractivity contribution in [2.75, 3.05) is 39.8 Å². The first-order chi connectivity index (χ1) is 12.7. The van der Waals surface area contributed by atoms with Gasteiger partial charge in [0.1, 0.15) is 0 Å². The molecule has 1 aromatic heterocycles. The van der Waals surface area contributed by atoms with E-state index in [-0.39, 0.29) is 0 Å². The first-order valence-electron chi connectivity index (χ1n) is 9.44. The maximum absolute atomic E-state index is 4.47. The molecule has 140 valence electrons. The largest absolute Gasteiger partial charge is 0.356 e. The first-order valence-corrected chi connectivity index (χ1v) is 9.44. The van der Waals surface area contributed by atoms with Gasteiger partial charge in [-0.25, -0.2) is 0 Å². The zero-order valence-electron chi connectivity index (χ0n) is 15.9. The summed E-state index contributed by atoms with van der Waals surface area (Å²) in [4.78, 5) is 9.35. The van der Waals surface area contributed by atoms with E-state index < -0.39 is 0 Å². The van der Waals surface area contributed by atoms with E-state index in [2.05, 4.69) is 61.7 Å². The number of aromatic nitrogens is 2. The summed E-state index contributed by atoms with van der Waals surface area (Å²) in [7, 11) is 3.83. The van der Waals surface area contributed by atoms with Crippen LogP contribution in [0.4, 0.5) is 0 Å². The molecule has 0 spiro atoms. The van der Waals surface area contributed by atoms with Crippen molar-refractivity contribution in [1.29, 1.82) is 0 Å². The molecule has 3 rings (SSSR count). The molecule has 0 radical (unpaired) electrons. The van der Waals surface area contributed by atoms with E-state index in [0.717, 1.165) is 58.1 Å². The van der Waals surface area contributed by atoms with Crippen LogP contribution in [0.5, 0.6) is 0 Å². The monoisotopic (exact) mass is 354 g/mol. The highest BCUT2D eigenvalue weighted by molar-refractivity contribution is 5.79. The van der Waals surface area contributed by atoms with Gasteiger partial charge in [-0.3, -0.25) is 14.6 Å². The Labute approximate surface area is 156 Å². The molecule has 1 aliphatic rings. The smallest absolute Gasteiger partial charge is 0.193 e. The first kappa shape index (κ1) is 18.5. The summed E-state index contributed by atoms with van der Waals surface area (Å²) in [6.45, 7) is 6.17. The van der Waals surface area contributed by atoms with Gasteiger partial charge in [-0.05, 0) is 24.0 Å². The molecule has 1 aromatic carbocycles. The van der Waals surface area contributed by atoms with Gasteiger partial charge in [-0.15, -0.1) is 0 Å². The minimum Gasteiger partial charge on any atom is -0.356 e. The molecule has 6 heteroatoms. The van der Waals surface area contributed by atoms with Crippen molar-refractivity contribution in [3.8, 4) is 0 Å². The van der Waals surface area contributed by atoms with Crippen LogP contribution in [-0.2, 0) is 20.0 Å². The Bertz CT molecular complexity index is 685. The number of hydrogen-bond donors (Lipinski definition) is 1. The third-order valence-corrected chi connectivity index (χ3v) is 4.82. The molecule has 2 aromatic rings. The number of guanidine groups is 1. The van der Waals surface area contributed by atoms with E-state index in [9.17, 15) is 0 Å². The summed E-state index contributed by atoms with van der Waals surface area (Å²) < 4.78 is 1.86. The molecule has 0 amide bonds. The number of nitrogens with zero attached hydrogens (tertiary/aromatic N) is 5. The number of aryl methyl sites for hydroxylation is 2. The number of hydrogen-bond acceptors (Lipinski definition) is 3. The lowest BCUT2D eigenvalue weighted by Crippen LogP contribution is -2.52. The molecule has 1 saturated heterocycles. The fraction of sp³-hybridized carbons (Fsp3) is 0.500. The van der Waals surface area contributed by atoms with Gasteiger partial charge in [-0.1, -0.05) is 30.3 Å². The zero-order chi connectivity index (χ0) is 18.2. The van der Waals surface area contributed by atoms with Crippen LogP contribution in [0.1, 0.15) is 17.5 Å². The second-order valence-electron chi connectivity index (χ2n) is 6.85. The van der Waals surface area contributed by atoms with E-state index in [1.807, 2.05) is 25.0 Å². The molecule has 0 saturated carbocycles. The van der Waals surface area contributed by atoms with Crippen LogP contribution in [0.3, 0.4) is 0 Å². The Balaban J connectivity index is 1.38. The quantitative estimate of drug-likeness (QED) is 0.488. The van der Waals surface area contributed by atoms with E-state index in [0.29, 0.717) is 0 Å². The van der Waals surface area contributed by atoms with E-state index in [4.69, 9.17) is 0 Å². The summed E-state index contributed by atoms with van der Waals surface area (Å²) in [6.07, 6.45) is 6.16. The van der Waals surface area contributed by atoms with Crippen molar-refractivity contribution in [1.82, 2.24) is 24.9 Å². The Kier molecular flexibility index (Phi) is 6.66. The number of piperazine rings is 1. The fourth-order valence-corrected chi connectivity index (χ4v) is 3.39. The SMILES string of the molecule is CN=C(NCCCc1cnn(C)c1)N1CCN(Cc2ccccc2)CC1. The van der Waals surface area contributed by atoms with Crippen LogP contribution >= 0.6 is 0 Å². The Hall–Kier alpha value is -2.34. The molecule has 0 unspecified atom stereocenters. The molecular formula is C20H30N6. The lowest BCUT2D eigenvalue weighted by atomic mass is 10.2. The van der Waals surface area contributed by atoms with Crippen molar-refractivity contribution in [3.63, 3.8) is 0 Å². The lowest BCUT2D eigenvalue weighted by Gasteiger charge is -2.36. The Morgan fingerprint density at radius 2 is 1.88 bits per heavy atom. The van der Waals surface area contributed by atoms with Crippen LogP contribution in [0.2, 0.25) is 0 Å². The van der Waals surface area contributed by atoms with Gasteiger partial charge in [0.2, 0.25) is 0 Å². The molecule has 2 heterocycles. The van der Waals surface area contributed by atoms with Crippen molar-refractivity contribution >= 4 is 5.96 Å². The maximum atomic E-state index is 4.47. The van der Waals surface area contributed by atoms with Crippen LogP contribution in [0, 0.1) is 0 Å². The standard InChI is InChI=1S/C20H30N6/c1-21-20(22-10-6-9-19-15-23-24(2)16-19)26-13-11-25(12-14-26)17-18-7-4-3-5-8-18/h3-5,7-8,15-16H,6,9-14,17H2,1-2H3,(H,21,22). The molecule has 0 atom stereocenters. The summed E-state index contributed by atoms with van der Waals surface area (Å²) in [5.74, 6) is 1.02. The van der Waals surface area contributed by atoms with Gasteiger partial charge in [0.15, 0.2) is 5.96 Å². The predicted molar refractivity (Wildman–Crippen MR) is 106 cm³/mol. The number of nitrogens with one attached hydrogen (secondary N) is 1. The van der Waals surface area contributed by atoms with E-state index >= 15 is 0 Å². The van der Waals surface area contributed by atoms with Crippen LogP contribution in [0.15, 0.2) is 47.7 Å². The summed E-state index contributed by atoms with van der Waals surface area (Å²) in [6, 6.07) is 10.7. The highest BCUT2D eigenvalue weighted by atomic mass is 15.3. The molecule has 26 heavy (non-hydrogen) atoms. The minimum absolute atomic E-state index is 0.936. The third kappa shape index (κ3) is 5.33. The third-order valence-electron chi connectivity index (χ3n) is 4.82. The van der Waals surface area contributed by atoms with Gasteiger partial charge >= 0.3 is 0 Å². The second kappa shape index (κ2) is 9.38. The van der Waals surface area contributed by atoms with Gasteiger partial charge in [-0.2, -0.15) is 5.10 Å². The second-order valence-corrected chi connectivity index (χ2v) is 6.85. The van der Waals surface area contributed by atoms with Gasteiger partial charge in [0.25, 0.3) is 0 Å². The van der Waals surface area contributed by atoms with E-state index in [1.54, 1.807) is 0 Å². The maximum Gasteiger partial charge on any atom is 0.193 e. The topological polar surface area (TPSA) is 48.7 Å². The average Bonchev–Trinajstić information content (AvgIpc) is 3.09. The molecular weight excluding hydrogens is 324 g/mol. The summed E-state index contributed by atoms with van der Waals surface area (Å²) in [5, 5.41) is 7.73. The van der Waals surface area contributed by atoms with E-state index in [1.165, 1.54) is 11.1 Å². The van der Waals surface area contributed by atoms with Gasteiger partial charge in [0.05, 0.1) is 6.20 Å². The Morgan fingerprint density at radius 3 is 2.54 bits per heavy atom. The highest BCUT2D eigenvalue weighted by Gasteiger charge is 2.19. The average molecular weight is 355 g/mol. The van der Waals surface area contributed by atoms with Gasteiger partial charge in [0, 0.05) is 59.6 Å². The molecule has 0 bridgehead atoms. The molecule has 1 N–H and O–H groups in total. The predicted octanol–water partition coefficient (Wildman–Crippen LogP) is 1.75. The highest BCUT2D eigenvalue weighted by Crippen LogP contribution is 2.08. The molecule has 0 aliphatic carbocycles. The normalized spacial score (nSPS) is 16.1. The van der Waals surface area contributed by atoms with Crippen molar-refractivity contribution in [2.24, 2.45) is 12.0 Å². The van der Waals surface area contributed by atoms with Crippen molar-refractivity contribution in [3.05, 3.63) is 53.9 Å². The van der Waals surface area contributed by atoms with Gasteiger partial charge < -0.3 is 10.2 Å². The Morgan fingerprint density at radius 1 is 1.12 bits per heavy atom. The van der Waals surface area contributed by atoms with Crippen LogP contribution < -0.4 is 5.32 Å². The van der Waals surface area contributed by atoms with Crippen LogP contribution in [0.25, 0.3) is 0 Å². The zero-order valence-corrected chi connectivity index (χ0v) is 15.9. The van der Waals surface area contributed by atoms with Crippen molar-refractivity contribution in [2.45, 2.75) is 19.4 Å². The lowest BCUT2D eigenvalue weighted by molar-refractivity contribution is 0.172. The van der Waals surface area contributed by atoms with Crippen molar-refractivity contribution < 1.29 is 0 Å². The minimum atomic E-state index is 0.936.